The van der Waals surface area contributed by atoms with Crippen LogP contribution in [0.1, 0.15) is 48.3 Å². The molecule has 2 aliphatic heterocycles. The Labute approximate surface area is 130 Å². The highest BCUT2D eigenvalue weighted by Crippen LogP contribution is 2.41. The fraction of sp³-hybridized carbons (Fsp3) is 0.688. The number of carbonyl (C=O) groups excluding carboxylic acids is 2. The number of amides is 2. The van der Waals surface area contributed by atoms with Gasteiger partial charge in [0.05, 0.1) is 0 Å². The first-order valence-electron chi connectivity index (χ1n) is 8.04. The molecule has 2 saturated heterocycles. The molecule has 2 aliphatic rings. The van der Waals surface area contributed by atoms with Gasteiger partial charge in [-0.15, -0.1) is 0 Å². The van der Waals surface area contributed by atoms with Gasteiger partial charge >= 0.3 is 0 Å². The van der Waals surface area contributed by atoms with E-state index in [1.807, 2.05) is 23.8 Å². The molecule has 6 nitrogen and oxygen atoms in total. The van der Waals surface area contributed by atoms with Gasteiger partial charge < -0.3 is 9.80 Å². The van der Waals surface area contributed by atoms with Crippen molar-refractivity contribution in [1.29, 1.82) is 0 Å². The fourth-order valence-corrected chi connectivity index (χ4v) is 3.59. The molecular weight excluding hydrogens is 280 g/mol. The molecule has 3 heterocycles. The van der Waals surface area contributed by atoms with Gasteiger partial charge in [-0.1, -0.05) is 0 Å². The number of nitrogens with one attached hydrogen (secondary N) is 1. The number of carbonyl (C=O) groups is 2. The van der Waals surface area contributed by atoms with Crippen LogP contribution in [0, 0.1) is 12.3 Å². The number of H-pyrrole nitrogens is 1. The minimum Gasteiger partial charge on any atom is -0.346 e. The molecule has 0 bridgehead atoms. The van der Waals surface area contributed by atoms with Crippen LogP contribution in [0.2, 0.25) is 0 Å². The number of likely N-dealkylation sites (tertiary alicyclic amines) is 2. The average Bonchev–Trinajstić information content (AvgIpc) is 2.91. The number of rotatable bonds is 1. The monoisotopic (exact) mass is 304 g/mol. The highest BCUT2D eigenvalue weighted by Gasteiger charge is 2.38. The van der Waals surface area contributed by atoms with Crippen LogP contribution >= 0.6 is 0 Å². The highest BCUT2D eigenvalue weighted by atomic mass is 16.2. The molecule has 0 unspecified atom stereocenters. The lowest BCUT2D eigenvalue weighted by Crippen LogP contribution is -2.43. The Balaban J connectivity index is 1.62. The molecule has 6 heteroatoms. The van der Waals surface area contributed by atoms with E-state index in [0.29, 0.717) is 12.1 Å². The van der Waals surface area contributed by atoms with Crippen LogP contribution in [0.5, 0.6) is 0 Å². The van der Waals surface area contributed by atoms with Crippen molar-refractivity contribution in [2.75, 3.05) is 26.7 Å². The second-order valence-corrected chi connectivity index (χ2v) is 6.79. The summed E-state index contributed by atoms with van der Waals surface area (Å²) in [6.07, 6.45) is 4.63. The summed E-state index contributed by atoms with van der Waals surface area (Å²) in [5.74, 6) is 0.267. The van der Waals surface area contributed by atoms with Gasteiger partial charge in [0.2, 0.25) is 5.91 Å². The predicted molar refractivity (Wildman–Crippen MR) is 82.4 cm³/mol. The first-order chi connectivity index (χ1) is 10.5. The van der Waals surface area contributed by atoms with E-state index in [4.69, 9.17) is 0 Å². The molecule has 0 aromatic carbocycles. The van der Waals surface area contributed by atoms with E-state index < -0.39 is 0 Å². The standard InChI is InChI=1S/C16H24N4O2/c1-12-11-13(18-17-12)15(22)20-9-6-16(7-10-20)4-3-14(21)19(2)8-5-16/h11H,3-10H2,1-2H3,(H,17,18). The van der Waals surface area contributed by atoms with Gasteiger partial charge in [0, 0.05) is 38.8 Å². The maximum atomic E-state index is 12.4. The molecule has 2 fully saturated rings. The van der Waals surface area contributed by atoms with Gasteiger partial charge in [0.25, 0.3) is 5.91 Å². The highest BCUT2D eigenvalue weighted by molar-refractivity contribution is 5.92. The van der Waals surface area contributed by atoms with Gasteiger partial charge in [-0.05, 0) is 44.1 Å². The summed E-state index contributed by atoms with van der Waals surface area (Å²) < 4.78 is 0. The number of hydrogen-bond donors (Lipinski definition) is 1. The molecule has 1 aromatic heterocycles. The summed E-state index contributed by atoms with van der Waals surface area (Å²) in [5, 5.41) is 6.89. The molecule has 1 spiro atoms. The zero-order chi connectivity index (χ0) is 15.7. The van der Waals surface area contributed by atoms with Crippen molar-refractivity contribution in [3.8, 4) is 0 Å². The smallest absolute Gasteiger partial charge is 0.274 e. The summed E-state index contributed by atoms with van der Waals surface area (Å²) in [6.45, 7) is 4.27. The minimum atomic E-state index is 0.0148. The Morgan fingerprint density at radius 1 is 1.23 bits per heavy atom. The number of nitrogens with zero attached hydrogens (tertiary/aromatic N) is 3. The molecule has 2 amide bonds. The van der Waals surface area contributed by atoms with Crippen molar-refractivity contribution in [3.63, 3.8) is 0 Å². The van der Waals surface area contributed by atoms with Gasteiger partial charge in [-0.2, -0.15) is 5.10 Å². The van der Waals surface area contributed by atoms with Crippen LogP contribution in [0.15, 0.2) is 6.07 Å². The van der Waals surface area contributed by atoms with Crippen molar-refractivity contribution >= 4 is 11.8 Å². The van der Waals surface area contributed by atoms with Crippen LogP contribution in [0.3, 0.4) is 0 Å². The summed E-state index contributed by atoms with van der Waals surface area (Å²) in [7, 11) is 1.89. The van der Waals surface area contributed by atoms with Crippen LogP contribution in [0.4, 0.5) is 0 Å². The SMILES string of the molecule is Cc1cc(C(=O)N2CCC3(CCC(=O)N(C)CC3)CC2)n[nH]1. The van der Waals surface area contributed by atoms with E-state index in [9.17, 15) is 9.59 Å². The Kier molecular flexibility index (Phi) is 3.93. The topological polar surface area (TPSA) is 69.3 Å². The summed E-state index contributed by atoms with van der Waals surface area (Å²) in [5.41, 5.74) is 1.64. The van der Waals surface area contributed by atoms with Crippen molar-refractivity contribution in [2.45, 2.75) is 39.0 Å². The quantitative estimate of drug-likeness (QED) is 0.856. The van der Waals surface area contributed by atoms with Crippen molar-refractivity contribution in [1.82, 2.24) is 20.0 Å². The van der Waals surface area contributed by atoms with Crippen LogP contribution in [-0.2, 0) is 4.79 Å². The van der Waals surface area contributed by atoms with E-state index in [0.717, 1.165) is 51.0 Å². The van der Waals surface area contributed by atoms with Gasteiger partial charge in [-0.25, -0.2) is 0 Å². The summed E-state index contributed by atoms with van der Waals surface area (Å²) >= 11 is 0. The average molecular weight is 304 g/mol. The summed E-state index contributed by atoms with van der Waals surface area (Å²) in [6, 6.07) is 1.80. The van der Waals surface area contributed by atoms with Crippen LogP contribution in [0.25, 0.3) is 0 Å². The van der Waals surface area contributed by atoms with Crippen molar-refractivity contribution in [2.24, 2.45) is 5.41 Å². The molecule has 120 valence electrons. The summed E-state index contributed by atoms with van der Waals surface area (Å²) in [4.78, 5) is 28.0. The second-order valence-electron chi connectivity index (χ2n) is 6.79. The third-order valence-corrected chi connectivity index (χ3v) is 5.31. The molecule has 0 atom stereocenters. The number of piperidine rings is 1. The van der Waals surface area contributed by atoms with E-state index >= 15 is 0 Å². The Bertz CT molecular complexity index is 572. The van der Waals surface area contributed by atoms with E-state index in [2.05, 4.69) is 10.2 Å². The molecule has 1 aromatic rings. The molecule has 22 heavy (non-hydrogen) atoms. The van der Waals surface area contributed by atoms with E-state index in [1.54, 1.807) is 6.07 Å². The Morgan fingerprint density at radius 3 is 2.55 bits per heavy atom. The zero-order valence-corrected chi connectivity index (χ0v) is 13.4. The number of aromatic nitrogens is 2. The van der Waals surface area contributed by atoms with Gasteiger partial charge in [0.15, 0.2) is 0 Å². The Hall–Kier alpha value is -1.85. The number of aromatic amines is 1. The van der Waals surface area contributed by atoms with E-state index in [-0.39, 0.29) is 17.2 Å². The predicted octanol–water partition coefficient (Wildman–Crippen LogP) is 1.58. The normalized spacial score (nSPS) is 22.0. The van der Waals surface area contributed by atoms with E-state index in [1.165, 1.54) is 0 Å². The third kappa shape index (κ3) is 2.87. The maximum Gasteiger partial charge on any atom is 0.274 e. The first kappa shape index (κ1) is 15.1. The third-order valence-electron chi connectivity index (χ3n) is 5.31. The lowest BCUT2D eigenvalue weighted by atomic mass is 9.73. The van der Waals surface area contributed by atoms with Gasteiger partial charge in [0.1, 0.15) is 5.69 Å². The minimum absolute atomic E-state index is 0.0148. The van der Waals surface area contributed by atoms with Gasteiger partial charge in [-0.3, -0.25) is 14.7 Å². The molecule has 1 N–H and O–H groups in total. The molecular formula is C16H24N4O2. The maximum absolute atomic E-state index is 12.4. The van der Waals surface area contributed by atoms with Crippen LogP contribution in [-0.4, -0.2) is 58.5 Å². The number of aryl methyl sites for hydroxylation is 1. The Morgan fingerprint density at radius 2 is 1.91 bits per heavy atom. The lowest BCUT2D eigenvalue weighted by Gasteiger charge is -2.41. The van der Waals surface area contributed by atoms with Crippen molar-refractivity contribution in [3.05, 3.63) is 17.5 Å². The van der Waals surface area contributed by atoms with Crippen molar-refractivity contribution < 1.29 is 9.59 Å². The largest absolute Gasteiger partial charge is 0.346 e. The number of hydrogen-bond acceptors (Lipinski definition) is 3. The molecule has 0 radical (unpaired) electrons. The second kappa shape index (κ2) is 5.74. The molecule has 0 aliphatic carbocycles. The lowest BCUT2D eigenvalue weighted by molar-refractivity contribution is -0.129. The molecule has 0 saturated carbocycles. The first-order valence-corrected chi connectivity index (χ1v) is 8.04. The van der Waals surface area contributed by atoms with Crippen LogP contribution < -0.4 is 0 Å². The zero-order valence-electron chi connectivity index (χ0n) is 13.4. The fourth-order valence-electron chi connectivity index (χ4n) is 3.59. The molecule has 3 rings (SSSR count).